The van der Waals surface area contributed by atoms with Gasteiger partial charge in [-0.25, -0.2) is 9.78 Å². The number of esters is 1. The SMILES string of the molecule is O=C(Oc1ccc2ocnc2c1)c1cccs1. The molecule has 84 valence electrons. The summed E-state index contributed by atoms with van der Waals surface area (Å²) < 4.78 is 10.3. The van der Waals surface area contributed by atoms with Crippen molar-refractivity contribution in [3.05, 3.63) is 47.0 Å². The smallest absolute Gasteiger partial charge is 0.353 e. The van der Waals surface area contributed by atoms with Gasteiger partial charge in [0.15, 0.2) is 12.0 Å². The monoisotopic (exact) mass is 245 g/mol. The Bertz CT molecular complexity index is 657. The van der Waals surface area contributed by atoms with Crippen molar-refractivity contribution < 1.29 is 13.9 Å². The quantitative estimate of drug-likeness (QED) is 0.514. The molecule has 3 rings (SSSR count). The molecular formula is C12H7NO3S. The summed E-state index contributed by atoms with van der Waals surface area (Å²) in [6.07, 6.45) is 1.36. The van der Waals surface area contributed by atoms with Crippen LogP contribution in [0.4, 0.5) is 0 Å². The van der Waals surface area contributed by atoms with Crippen molar-refractivity contribution in [1.29, 1.82) is 0 Å². The van der Waals surface area contributed by atoms with Crippen LogP contribution in [0.25, 0.3) is 11.1 Å². The zero-order valence-electron chi connectivity index (χ0n) is 8.62. The van der Waals surface area contributed by atoms with Gasteiger partial charge in [0, 0.05) is 6.07 Å². The van der Waals surface area contributed by atoms with Crippen molar-refractivity contribution in [3.63, 3.8) is 0 Å². The molecule has 5 heteroatoms. The maximum absolute atomic E-state index is 11.7. The van der Waals surface area contributed by atoms with E-state index in [4.69, 9.17) is 9.15 Å². The molecule has 17 heavy (non-hydrogen) atoms. The molecule has 0 radical (unpaired) electrons. The Morgan fingerprint density at radius 1 is 1.35 bits per heavy atom. The number of benzene rings is 1. The van der Waals surface area contributed by atoms with E-state index >= 15 is 0 Å². The van der Waals surface area contributed by atoms with E-state index in [0.29, 0.717) is 21.7 Å². The lowest BCUT2D eigenvalue weighted by Gasteiger charge is -2.01. The number of aromatic nitrogens is 1. The molecule has 0 saturated heterocycles. The van der Waals surface area contributed by atoms with Gasteiger partial charge in [-0.2, -0.15) is 0 Å². The number of hydrogen-bond acceptors (Lipinski definition) is 5. The van der Waals surface area contributed by atoms with Gasteiger partial charge in [-0.05, 0) is 23.6 Å². The molecule has 0 unspecified atom stereocenters. The molecule has 0 aliphatic carbocycles. The van der Waals surface area contributed by atoms with E-state index in [1.54, 1.807) is 24.3 Å². The van der Waals surface area contributed by atoms with Gasteiger partial charge >= 0.3 is 5.97 Å². The summed E-state index contributed by atoms with van der Waals surface area (Å²) in [4.78, 5) is 16.3. The summed E-state index contributed by atoms with van der Waals surface area (Å²) in [5.41, 5.74) is 1.34. The van der Waals surface area contributed by atoms with Crippen LogP contribution in [-0.4, -0.2) is 11.0 Å². The highest BCUT2D eigenvalue weighted by Gasteiger charge is 2.10. The predicted octanol–water partition coefficient (Wildman–Crippen LogP) is 3.11. The third-order valence-electron chi connectivity index (χ3n) is 2.23. The van der Waals surface area contributed by atoms with Crippen LogP contribution in [0.5, 0.6) is 5.75 Å². The Morgan fingerprint density at radius 3 is 3.12 bits per heavy atom. The van der Waals surface area contributed by atoms with Gasteiger partial charge < -0.3 is 9.15 Å². The number of nitrogens with zero attached hydrogens (tertiary/aromatic N) is 1. The average Bonchev–Trinajstić information content (AvgIpc) is 2.99. The summed E-state index contributed by atoms with van der Waals surface area (Å²) in [5.74, 6) is 0.104. The Kier molecular flexibility index (Phi) is 2.38. The molecule has 0 aliphatic rings. The molecule has 2 heterocycles. The predicted molar refractivity (Wildman–Crippen MR) is 63.3 cm³/mol. The van der Waals surface area contributed by atoms with Crippen LogP contribution >= 0.6 is 11.3 Å². The number of thiophene rings is 1. The first-order valence-electron chi connectivity index (χ1n) is 4.92. The van der Waals surface area contributed by atoms with Crippen molar-refractivity contribution >= 4 is 28.4 Å². The fraction of sp³-hybridized carbons (Fsp3) is 0. The molecular weight excluding hydrogens is 238 g/mol. The standard InChI is InChI=1S/C12H7NO3S/c14-12(11-2-1-5-17-11)16-8-3-4-10-9(6-8)13-7-15-10/h1-7H. The average molecular weight is 245 g/mol. The van der Waals surface area contributed by atoms with Gasteiger partial charge in [-0.15, -0.1) is 11.3 Å². The number of carbonyl (C=O) groups is 1. The third-order valence-corrected chi connectivity index (χ3v) is 3.08. The van der Waals surface area contributed by atoms with Crippen molar-refractivity contribution in [3.8, 4) is 5.75 Å². The molecule has 3 aromatic rings. The van der Waals surface area contributed by atoms with Gasteiger partial charge in [0.2, 0.25) is 0 Å². The van der Waals surface area contributed by atoms with E-state index in [1.807, 2.05) is 11.4 Å². The fourth-order valence-corrected chi connectivity index (χ4v) is 2.05. The highest BCUT2D eigenvalue weighted by Crippen LogP contribution is 2.21. The van der Waals surface area contributed by atoms with Gasteiger partial charge in [0.25, 0.3) is 0 Å². The summed E-state index contributed by atoms with van der Waals surface area (Å²) in [5, 5.41) is 1.83. The summed E-state index contributed by atoms with van der Waals surface area (Å²) in [7, 11) is 0. The van der Waals surface area contributed by atoms with Gasteiger partial charge in [-0.3, -0.25) is 0 Å². The lowest BCUT2D eigenvalue weighted by atomic mass is 10.3. The zero-order chi connectivity index (χ0) is 11.7. The minimum absolute atomic E-state index is 0.358. The second-order valence-corrected chi connectivity index (χ2v) is 4.30. The highest BCUT2D eigenvalue weighted by atomic mass is 32.1. The summed E-state index contributed by atoms with van der Waals surface area (Å²) in [6, 6.07) is 8.60. The summed E-state index contributed by atoms with van der Waals surface area (Å²) >= 11 is 1.35. The van der Waals surface area contributed by atoms with Crippen molar-refractivity contribution in [2.24, 2.45) is 0 Å². The van der Waals surface area contributed by atoms with E-state index in [0.717, 1.165) is 0 Å². The first-order chi connectivity index (χ1) is 8.33. The second kappa shape index (κ2) is 4.03. The Hall–Kier alpha value is -2.14. The number of oxazole rings is 1. The van der Waals surface area contributed by atoms with Crippen LogP contribution in [0.3, 0.4) is 0 Å². The van der Waals surface area contributed by atoms with E-state index < -0.39 is 0 Å². The minimum atomic E-state index is -0.358. The van der Waals surface area contributed by atoms with Crippen LogP contribution in [-0.2, 0) is 0 Å². The van der Waals surface area contributed by atoms with Crippen molar-refractivity contribution in [1.82, 2.24) is 4.98 Å². The van der Waals surface area contributed by atoms with Gasteiger partial charge in [-0.1, -0.05) is 6.07 Å². The summed E-state index contributed by atoms with van der Waals surface area (Å²) in [6.45, 7) is 0. The lowest BCUT2D eigenvalue weighted by molar-refractivity contribution is 0.0740. The van der Waals surface area contributed by atoms with E-state index in [1.165, 1.54) is 17.7 Å². The fourth-order valence-electron chi connectivity index (χ4n) is 1.45. The van der Waals surface area contributed by atoms with Crippen molar-refractivity contribution in [2.75, 3.05) is 0 Å². The Labute approximate surface area is 100 Å². The normalized spacial score (nSPS) is 10.6. The first-order valence-corrected chi connectivity index (χ1v) is 5.80. The number of carbonyl (C=O) groups excluding carboxylic acids is 1. The molecule has 0 saturated carbocycles. The molecule has 1 aromatic carbocycles. The number of ether oxygens (including phenoxy) is 1. The molecule has 4 nitrogen and oxygen atoms in total. The second-order valence-electron chi connectivity index (χ2n) is 3.35. The molecule has 0 amide bonds. The molecule has 0 bridgehead atoms. The molecule has 0 fully saturated rings. The number of hydrogen-bond donors (Lipinski definition) is 0. The highest BCUT2D eigenvalue weighted by molar-refractivity contribution is 7.12. The zero-order valence-corrected chi connectivity index (χ0v) is 9.44. The van der Waals surface area contributed by atoms with Crippen molar-refractivity contribution in [2.45, 2.75) is 0 Å². The third kappa shape index (κ3) is 1.92. The van der Waals surface area contributed by atoms with Crippen LogP contribution in [0.2, 0.25) is 0 Å². The van der Waals surface area contributed by atoms with E-state index in [2.05, 4.69) is 4.98 Å². The van der Waals surface area contributed by atoms with Gasteiger partial charge in [0.05, 0.1) is 0 Å². The number of fused-ring (bicyclic) bond motifs is 1. The molecule has 0 N–H and O–H groups in total. The largest absolute Gasteiger partial charge is 0.443 e. The lowest BCUT2D eigenvalue weighted by Crippen LogP contribution is -2.05. The molecule has 0 aliphatic heterocycles. The number of rotatable bonds is 2. The van der Waals surface area contributed by atoms with Crippen LogP contribution < -0.4 is 4.74 Å². The Morgan fingerprint density at radius 2 is 2.29 bits per heavy atom. The minimum Gasteiger partial charge on any atom is -0.443 e. The first kappa shape index (κ1) is 10.0. The van der Waals surface area contributed by atoms with Crippen LogP contribution in [0.15, 0.2) is 46.5 Å². The topological polar surface area (TPSA) is 52.3 Å². The Balaban J connectivity index is 1.87. The molecule has 0 spiro atoms. The maximum Gasteiger partial charge on any atom is 0.353 e. The maximum atomic E-state index is 11.7. The molecule has 0 atom stereocenters. The van der Waals surface area contributed by atoms with Crippen LogP contribution in [0.1, 0.15) is 9.67 Å². The van der Waals surface area contributed by atoms with E-state index in [-0.39, 0.29) is 5.97 Å². The van der Waals surface area contributed by atoms with Gasteiger partial charge in [0.1, 0.15) is 16.1 Å². The molecule has 2 aromatic heterocycles. The van der Waals surface area contributed by atoms with E-state index in [9.17, 15) is 4.79 Å². The van der Waals surface area contributed by atoms with Crippen LogP contribution in [0, 0.1) is 0 Å².